The maximum atomic E-state index is 12.3. The van der Waals surface area contributed by atoms with Gasteiger partial charge in [-0.25, -0.2) is 13.1 Å². The average molecular weight is 338 g/mol. The molecule has 23 heavy (non-hydrogen) atoms. The first-order chi connectivity index (χ1) is 11.0. The Labute approximate surface area is 137 Å². The van der Waals surface area contributed by atoms with E-state index in [0.29, 0.717) is 12.2 Å². The summed E-state index contributed by atoms with van der Waals surface area (Å²) in [5, 5.41) is 2.71. The topological polar surface area (TPSA) is 79.7 Å². The van der Waals surface area contributed by atoms with Crippen molar-refractivity contribution in [2.24, 2.45) is 0 Å². The largest absolute Gasteiger partial charge is 0.335 e. The molecule has 2 heterocycles. The van der Waals surface area contributed by atoms with Crippen molar-refractivity contribution >= 4 is 21.6 Å². The number of carbonyl (C=O) groups excluding carboxylic acids is 1. The molecule has 1 aromatic carbocycles. The quantitative estimate of drug-likeness (QED) is 0.635. The van der Waals surface area contributed by atoms with Crippen LogP contribution in [0.15, 0.2) is 23.1 Å². The highest BCUT2D eigenvalue weighted by molar-refractivity contribution is 7.89. The Bertz CT molecular complexity index is 682. The fourth-order valence-electron chi connectivity index (χ4n) is 3.30. The van der Waals surface area contributed by atoms with Gasteiger partial charge < -0.3 is 10.2 Å². The Morgan fingerprint density at radius 2 is 1.96 bits per heavy atom. The van der Waals surface area contributed by atoms with Crippen molar-refractivity contribution in [2.45, 2.75) is 37.0 Å². The minimum absolute atomic E-state index is 0.0907. The van der Waals surface area contributed by atoms with Crippen LogP contribution in [-0.4, -0.2) is 40.5 Å². The molecule has 0 unspecified atom stereocenters. The third-order valence-corrected chi connectivity index (χ3v) is 6.03. The molecule has 2 aliphatic rings. The maximum Gasteiger partial charge on any atom is 0.240 e. The number of rotatable bonds is 6. The van der Waals surface area contributed by atoms with Gasteiger partial charge in [-0.15, -0.1) is 0 Å². The molecule has 3 rings (SSSR count). The van der Waals surface area contributed by atoms with E-state index in [4.69, 9.17) is 0 Å². The molecule has 0 saturated carbocycles. The van der Waals surface area contributed by atoms with Gasteiger partial charge in [0.2, 0.25) is 15.9 Å². The maximum absolute atomic E-state index is 12.3. The van der Waals surface area contributed by atoms with Crippen molar-refractivity contribution in [3.8, 4) is 0 Å². The number of quaternary nitrogens is 1. The SMILES string of the molecule is O=C1Cc2cc(S(=O)(=O)NCCC[NH+]3CCCCC3)ccc2N1. The van der Waals surface area contributed by atoms with Crippen molar-refractivity contribution in [1.82, 2.24) is 4.72 Å². The molecule has 0 aliphatic carbocycles. The first-order valence-electron chi connectivity index (χ1n) is 8.31. The van der Waals surface area contributed by atoms with E-state index in [0.717, 1.165) is 18.5 Å². The molecule has 0 bridgehead atoms. The standard InChI is InChI=1S/C16H23N3O3S/c20-16-12-13-11-14(5-6-15(13)18-16)23(21,22)17-7-4-10-19-8-2-1-3-9-19/h5-6,11,17H,1-4,7-10,12H2,(H,18,20)/p+1. The first kappa shape index (κ1) is 16.4. The average Bonchev–Trinajstić information content (AvgIpc) is 2.92. The molecule has 0 spiro atoms. The van der Waals surface area contributed by atoms with Gasteiger partial charge in [-0.1, -0.05) is 0 Å². The highest BCUT2D eigenvalue weighted by atomic mass is 32.2. The Morgan fingerprint density at radius 1 is 1.17 bits per heavy atom. The lowest BCUT2D eigenvalue weighted by Gasteiger charge is -2.23. The number of piperidine rings is 1. The van der Waals surface area contributed by atoms with Crippen LogP contribution in [0.2, 0.25) is 0 Å². The van der Waals surface area contributed by atoms with Crippen molar-refractivity contribution < 1.29 is 18.1 Å². The zero-order chi connectivity index (χ0) is 16.3. The van der Waals surface area contributed by atoms with Crippen molar-refractivity contribution in [3.63, 3.8) is 0 Å². The number of hydrogen-bond donors (Lipinski definition) is 3. The van der Waals surface area contributed by atoms with Crippen LogP contribution in [0, 0.1) is 0 Å². The summed E-state index contributed by atoms with van der Waals surface area (Å²) in [5.74, 6) is -0.0907. The molecular formula is C16H24N3O3S+. The number of amides is 1. The Morgan fingerprint density at radius 3 is 2.74 bits per heavy atom. The van der Waals surface area contributed by atoms with Crippen LogP contribution in [0.4, 0.5) is 5.69 Å². The second-order valence-electron chi connectivity index (χ2n) is 6.36. The summed E-state index contributed by atoms with van der Waals surface area (Å²) in [6.45, 7) is 3.89. The molecule has 7 heteroatoms. The van der Waals surface area contributed by atoms with Crippen molar-refractivity contribution in [1.29, 1.82) is 0 Å². The molecule has 0 atom stereocenters. The molecule has 1 saturated heterocycles. The number of likely N-dealkylation sites (tertiary alicyclic amines) is 1. The van der Waals surface area contributed by atoms with E-state index in [1.165, 1.54) is 32.4 Å². The van der Waals surface area contributed by atoms with Crippen LogP contribution in [0.3, 0.4) is 0 Å². The molecule has 0 aromatic heterocycles. The van der Waals surface area contributed by atoms with Crippen molar-refractivity contribution in [3.05, 3.63) is 23.8 Å². The summed E-state index contributed by atoms with van der Waals surface area (Å²) in [6, 6.07) is 4.79. The Kier molecular flexibility index (Phi) is 4.99. The van der Waals surface area contributed by atoms with Gasteiger partial charge in [0.1, 0.15) is 0 Å². The number of nitrogens with one attached hydrogen (secondary N) is 3. The Hall–Kier alpha value is -1.44. The van der Waals surface area contributed by atoms with Crippen LogP contribution in [0.25, 0.3) is 0 Å². The molecule has 126 valence electrons. The predicted molar refractivity (Wildman–Crippen MR) is 88.0 cm³/mol. The fourth-order valence-corrected chi connectivity index (χ4v) is 4.43. The van der Waals surface area contributed by atoms with E-state index in [1.807, 2.05) is 0 Å². The van der Waals surface area contributed by atoms with E-state index in [-0.39, 0.29) is 17.2 Å². The minimum Gasteiger partial charge on any atom is -0.335 e. The van der Waals surface area contributed by atoms with Gasteiger partial charge in [0, 0.05) is 18.7 Å². The molecule has 2 aliphatic heterocycles. The predicted octanol–water partition coefficient (Wildman–Crippen LogP) is -0.0816. The number of benzene rings is 1. The zero-order valence-electron chi connectivity index (χ0n) is 13.2. The van der Waals surface area contributed by atoms with Gasteiger partial charge in [-0.3, -0.25) is 4.79 Å². The van der Waals surface area contributed by atoms with E-state index < -0.39 is 10.0 Å². The van der Waals surface area contributed by atoms with Gasteiger partial charge in [0.05, 0.1) is 31.0 Å². The van der Waals surface area contributed by atoms with Crippen molar-refractivity contribution in [2.75, 3.05) is 31.5 Å². The monoisotopic (exact) mass is 338 g/mol. The molecular weight excluding hydrogens is 314 g/mol. The zero-order valence-corrected chi connectivity index (χ0v) is 14.0. The van der Waals surface area contributed by atoms with E-state index >= 15 is 0 Å². The third kappa shape index (κ3) is 4.10. The molecule has 1 aromatic rings. The van der Waals surface area contributed by atoms with Crippen LogP contribution >= 0.6 is 0 Å². The van der Waals surface area contributed by atoms with E-state index in [9.17, 15) is 13.2 Å². The number of carbonyl (C=O) groups is 1. The highest BCUT2D eigenvalue weighted by Crippen LogP contribution is 2.25. The molecule has 6 nitrogen and oxygen atoms in total. The molecule has 3 N–H and O–H groups in total. The normalized spacial score (nSPS) is 18.7. The third-order valence-electron chi connectivity index (χ3n) is 4.57. The minimum atomic E-state index is -3.50. The summed E-state index contributed by atoms with van der Waals surface area (Å²) in [6.07, 6.45) is 4.98. The summed E-state index contributed by atoms with van der Waals surface area (Å²) < 4.78 is 27.4. The summed E-state index contributed by atoms with van der Waals surface area (Å²) in [7, 11) is -3.50. The van der Waals surface area contributed by atoms with Crippen LogP contribution in [-0.2, 0) is 21.2 Å². The van der Waals surface area contributed by atoms with E-state index in [2.05, 4.69) is 10.0 Å². The van der Waals surface area contributed by atoms with Gasteiger partial charge in [-0.2, -0.15) is 0 Å². The fraction of sp³-hybridized carbons (Fsp3) is 0.562. The van der Waals surface area contributed by atoms with Gasteiger partial charge >= 0.3 is 0 Å². The summed E-state index contributed by atoms with van der Waals surface area (Å²) >= 11 is 0. The van der Waals surface area contributed by atoms with Gasteiger partial charge in [0.25, 0.3) is 0 Å². The highest BCUT2D eigenvalue weighted by Gasteiger charge is 2.21. The lowest BCUT2D eigenvalue weighted by atomic mass is 10.1. The lowest BCUT2D eigenvalue weighted by molar-refractivity contribution is -0.904. The second kappa shape index (κ2) is 6.98. The van der Waals surface area contributed by atoms with Gasteiger partial charge in [-0.05, 0) is 43.0 Å². The van der Waals surface area contributed by atoms with Gasteiger partial charge in [0.15, 0.2) is 0 Å². The first-order valence-corrected chi connectivity index (χ1v) is 9.79. The Balaban J connectivity index is 1.53. The van der Waals surface area contributed by atoms with Crippen LogP contribution < -0.4 is 14.9 Å². The van der Waals surface area contributed by atoms with E-state index in [1.54, 1.807) is 23.1 Å². The summed E-state index contributed by atoms with van der Waals surface area (Å²) in [5.41, 5.74) is 1.46. The number of hydrogen-bond acceptors (Lipinski definition) is 3. The lowest BCUT2D eigenvalue weighted by Crippen LogP contribution is -3.12. The number of sulfonamides is 1. The summed E-state index contributed by atoms with van der Waals surface area (Å²) in [4.78, 5) is 13.2. The molecule has 0 radical (unpaired) electrons. The van der Waals surface area contributed by atoms with Crippen LogP contribution in [0.5, 0.6) is 0 Å². The second-order valence-corrected chi connectivity index (χ2v) is 8.12. The number of anilines is 1. The molecule has 1 amide bonds. The number of fused-ring (bicyclic) bond motifs is 1. The van der Waals surface area contributed by atoms with Crippen LogP contribution in [0.1, 0.15) is 31.2 Å². The smallest absolute Gasteiger partial charge is 0.240 e. The molecule has 1 fully saturated rings.